The monoisotopic (exact) mass is 342 g/mol. The Morgan fingerprint density at radius 3 is 3.04 bits per heavy atom. The Morgan fingerprint density at radius 1 is 1.40 bits per heavy atom. The fourth-order valence-electron chi connectivity index (χ4n) is 2.26. The predicted octanol–water partition coefficient (Wildman–Crippen LogP) is 3.33. The van der Waals surface area contributed by atoms with Crippen molar-refractivity contribution in [3.05, 3.63) is 59.7 Å². The first kappa shape index (κ1) is 16.9. The minimum atomic E-state index is 0.0953. The van der Waals surface area contributed by atoms with Gasteiger partial charge in [-0.2, -0.15) is 4.98 Å². The van der Waals surface area contributed by atoms with Crippen molar-refractivity contribution in [1.82, 2.24) is 9.97 Å². The normalized spacial score (nSPS) is 11.7. The highest BCUT2D eigenvalue weighted by Gasteiger charge is 2.08. The van der Waals surface area contributed by atoms with Gasteiger partial charge in [-0.3, -0.25) is 4.98 Å². The van der Waals surface area contributed by atoms with Crippen LogP contribution in [0.3, 0.4) is 0 Å². The van der Waals surface area contributed by atoms with Crippen LogP contribution in [0.15, 0.2) is 52.8 Å². The van der Waals surface area contributed by atoms with Crippen molar-refractivity contribution in [3.63, 3.8) is 0 Å². The molecule has 0 bridgehead atoms. The van der Waals surface area contributed by atoms with Gasteiger partial charge in [0.15, 0.2) is 5.58 Å². The molecular formula is C18H19FN4O2. The molecule has 3 aromatic rings. The van der Waals surface area contributed by atoms with Crippen molar-refractivity contribution in [1.29, 1.82) is 0 Å². The van der Waals surface area contributed by atoms with Crippen LogP contribution in [0.2, 0.25) is 0 Å². The van der Waals surface area contributed by atoms with Crippen molar-refractivity contribution in [2.24, 2.45) is 5.73 Å². The van der Waals surface area contributed by atoms with Crippen LogP contribution in [-0.4, -0.2) is 23.1 Å². The molecule has 7 heteroatoms. The Balaban J connectivity index is 1.69. The molecular weight excluding hydrogens is 323 g/mol. The van der Waals surface area contributed by atoms with Crippen LogP contribution in [0.4, 0.5) is 10.4 Å². The Hall–Kier alpha value is -2.93. The van der Waals surface area contributed by atoms with E-state index in [4.69, 9.17) is 14.9 Å². The van der Waals surface area contributed by atoms with E-state index in [-0.39, 0.29) is 13.2 Å². The van der Waals surface area contributed by atoms with Crippen LogP contribution in [0, 0.1) is 6.92 Å². The maximum Gasteiger partial charge on any atom is 0.295 e. The van der Waals surface area contributed by atoms with Gasteiger partial charge >= 0.3 is 0 Å². The standard InChI is InChI=1S/C18H19FN4O2/c1-12-14(3-2-6-21-12)10-22-18-23-16-5-4-15(7-17(16)25-18)24-11-13(8-19)9-20/h2-8H,9-11,20H2,1H3,(H,22,23)/b13-8-. The molecule has 0 unspecified atom stereocenters. The number of ether oxygens (including phenoxy) is 1. The Bertz CT molecular complexity index is 892. The van der Waals surface area contributed by atoms with Crippen LogP contribution in [0.5, 0.6) is 5.75 Å². The summed E-state index contributed by atoms with van der Waals surface area (Å²) in [6.45, 7) is 2.73. The average Bonchev–Trinajstić information content (AvgIpc) is 3.04. The van der Waals surface area contributed by atoms with Gasteiger partial charge in [0.25, 0.3) is 6.01 Å². The minimum Gasteiger partial charge on any atom is -0.489 e. The first-order valence-corrected chi connectivity index (χ1v) is 7.85. The van der Waals surface area contributed by atoms with E-state index in [2.05, 4.69) is 15.3 Å². The lowest BCUT2D eigenvalue weighted by Crippen LogP contribution is -2.10. The summed E-state index contributed by atoms with van der Waals surface area (Å²) in [5, 5.41) is 3.15. The number of hydrogen-bond acceptors (Lipinski definition) is 6. The second-order valence-corrected chi connectivity index (χ2v) is 5.51. The van der Waals surface area contributed by atoms with Gasteiger partial charge in [0.2, 0.25) is 0 Å². The molecule has 0 spiro atoms. The number of rotatable bonds is 7. The molecule has 6 nitrogen and oxygen atoms in total. The van der Waals surface area contributed by atoms with Gasteiger partial charge < -0.3 is 20.2 Å². The van der Waals surface area contributed by atoms with Gasteiger partial charge in [0, 0.05) is 36.6 Å². The first-order valence-electron chi connectivity index (χ1n) is 7.85. The number of oxazole rings is 1. The highest BCUT2D eigenvalue weighted by Crippen LogP contribution is 2.24. The molecule has 0 amide bonds. The number of nitrogens with one attached hydrogen (secondary N) is 1. The molecule has 0 radical (unpaired) electrons. The van der Waals surface area contributed by atoms with E-state index in [0.29, 0.717) is 41.3 Å². The Kier molecular flexibility index (Phi) is 5.25. The van der Waals surface area contributed by atoms with E-state index < -0.39 is 0 Å². The Morgan fingerprint density at radius 2 is 2.28 bits per heavy atom. The number of fused-ring (bicyclic) bond motifs is 1. The van der Waals surface area contributed by atoms with Crippen molar-refractivity contribution in [2.75, 3.05) is 18.5 Å². The molecule has 25 heavy (non-hydrogen) atoms. The minimum absolute atomic E-state index is 0.0953. The molecule has 0 saturated carbocycles. The summed E-state index contributed by atoms with van der Waals surface area (Å²) in [5.41, 5.74) is 9.10. The number of pyridine rings is 1. The molecule has 0 atom stereocenters. The second-order valence-electron chi connectivity index (χ2n) is 5.51. The summed E-state index contributed by atoms with van der Waals surface area (Å²) in [6.07, 6.45) is 2.23. The van der Waals surface area contributed by atoms with E-state index in [1.807, 2.05) is 19.1 Å². The van der Waals surface area contributed by atoms with Gasteiger partial charge in [-0.1, -0.05) is 6.07 Å². The zero-order valence-corrected chi connectivity index (χ0v) is 13.8. The number of benzene rings is 1. The van der Waals surface area contributed by atoms with Crippen molar-refractivity contribution < 1.29 is 13.5 Å². The van der Waals surface area contributed by atoms with E-state index in [1.165, 1.54) is 0 Å². The van der Waals surface area contributed by atoms with E-state index in [0.717, 1.165) is 11.3 Å². The Labute approximate surface area is 144 Å². The summed E-state index contributed by atoms with van der Waals surface area (Å²) < 4.78 is 23.7. The predicted molar refractivity (Wildman–Crippen MR) is 94.1 cm³/mol. The molecule has 2 aromatic heterocycles. The number of nitrogens with two attached hydrogens (primary N) is 1. The molecule has 3 N–H and O–H groups in total. The average molecular weight is 342 g/mol. The lowest BCUT2D eigenvalue weighted by molar-refractivity contribution is 0.347. The fourth-order valence-corrected chi connectivity index (χ4v) is 2.26. The van der Waals surface area contributed by atoms with Gasteiger partial charge in [-0.25, -0.2) is 4.39 Å². The SMILES string of the molecule is Cc1ncccc1CNc1nc2ccc(OC/C(=C\F)CN)cc2o1. The number of anilines is 1. The summed E-state index contributed by atoms with van der Waals surface area (Å²) in [6, 6.07) is 9.57. The molecule has 0 fully saturated rings. The van der Waals surface area contributed by atoms with Crippen LogP contribution in [0.25, 0.3) is 11.1 Å². The van der Waals surface area contributed by atoms with Gasteiger partial charge in [-0.05, 0) is 30.7 Å². The summed E-state index contributed by atoms with van der Waals surface area (Å²) in [5.74, 6) is 0.561. The highest BCUT2D eigenvalue weighted by atomic mass is 19.1. The third kappa shape index (κ3) is 4.13. The van der Waals surface area contributed by atoms with Gasteiger partial charge in [-0.15, -0.1) is 0 Å². The van der Waals surface area contributed by atoms with Crippen LogP contribution < -0.4 is 15.8 Å². The fraction of sp³-hybridized carbons (Fsp3) is 0.222. The van der Waals surface area contributed by atoms with Gasteiger partial charge in [0.1, 0.15) is 17.9 Å². The number of nitrogens with zero attached hydrogens (tertiary/aromatic N) is 2. The summed E-state index contributed by atoms with van der Waals surface area (Å²) in [4.78, 5) is 8.63. The topological polar surface area (TPSA) is 86.2 Å². The second kappa shape index (κ2) is 7.76. The number of aromatic nitrogens is 2. The zero-order valence-electron chi connectivity index (χ0n) is 13.8. The summed E-state index contributed by atoms with van der Waals surface area (Å²) in [7, 11) is 0. The molecule has 0 aliphatic carbocycles. The lowest BCUT2D eigenvalue weighted by atomic mass is 10.2. The van der Waals surface area contributed by atoms with Crippen molar-refractivity contribution in [2.45, 2.75) is 13.5 Å². The third-order valence-corrected chi connectivity index (χ3v) is 3.75. The summed E-state index contributed by atoms with van der Waals surface area (Å²) >= 11 is 0. The van der Waals surface area contributed by atoms with Crippen molar-refractivity contribution in [3.8, 4) is 5.75 Å². The van der Waals surface area contributed by atoms with Crippen LogP contribution in [-0.2, 0) is 6.54 Å². The number of halogens is 1. The first-order chi connectivity index (χ1) is 12.2. The number of hydrogen-bond donors (Lipinski definition) is 2. The third-order valence-electron chi connectivity index (χ3n) is 3.75. The van der Waals surface area contributed by atoms with E-state index in [9.17, 15) is 4.39 Å². The highest BCUT2D eigenvalue weighted by molar-refractivity contribution is 5.76. The van der Waals surface area contributed by atoms with Gasteiger partial charge in [0.05, 0.1) is 6.33 Å². The van der Waals surface area contributed by atoms with Crippen LogP contribution >= 0.6 is 0 Å². The molecule has 1 aromatic carbocycles. The molecule has 2 heterocycles. The van der Waals surface area contributed by atoms with E-state index >= 15 is 0 Å². The van der Waals surface area contributed by atoms with Crippen LogP contribution in [0.1, 0.15) is 11.3 Å². The lowest BCUT2D eigenvalue weighted by Gasteiger charge is -2.06. The number of aryl methyl sites for hydroxylation is 1. The van der Waals surface area contributed by atoms with E-state index in [1.54, 1.807) is 24.4 Å². The maximum atomic E-state index is 12.5. The van der Waals surface area contributed by atoms with Crippen molar-refractivity contribution >= 4 is 17.1 Å². The molecule has 130 valence electrons. The molecule has 0 aliphatic heterocycles. The quantitative estimate of drug-likeness (QED) is 0.685. The largest absolute Gasteiger partial charge is 0.489 e. The zero-order chi connectivity index (χ0) is 17.6. The maximum absolute atomic E-state index is 12.5. The smallest absolute Gasteiger partial charge is 0.295 e. The molecule has 0 aliphatic rings. The molecule has 0 saturated heterocycles. The molecule has 3 rings (SSSR count).